The Kier molecular flexibility index (Phi) is 7.16. The van der Waals surface area contributed by atoms with Crippen LogP contribution in [-0.4, -0.2) is 17.7 Å². The monoisotopic (exact) mass is 370 g/mol. The van der Waals surface area contributed by atoms with Crippen LogP contribution in [0, 0.1) is 13.8 Å². The quantitative estimate of drug-likeness (QED) is 0.558. The Bertz CT molecular complexity index is 772. The first-order valence-corrected chi connectivity index (χ1v) is 9.27. The van der Waals surface area contributed by atoms with E-state index in [1.165, 1.54) is 11.1 Å². The molecule has 0 unspecified atom stereocenters. The lowest BCUT2D eigenvalue weighted by molar-refractivity contribution is 0.0526. The van der Waals surface area contributed by atoms with Gasteiger partial charge in [-0.1, -0.05) is 42.8 Å². The molecule has 2 aromatic carbocycles. The molecule has 0 amide bonds. The van der Waals surface area contributed by atoms with E-state index in [0.29, 0.717) is 17.3 Å². The van der Waals surface area contributed by atoms with Gasteiger partial charge in [-0.3, -0.25) is 0 Å². The van der Waals surface area contributed by atoms with Crippen molar-refractivity contribution in [3.8, 4) is 0 Å². The normalized spacial score (nSPS) is 11.5. The highest BCUT2D eigenvalue weighted by Gasteiger charge is 2.13. The van der Waals surface area contributed by atoms with E-state index in [4.69, 9.17) is 17.0 Å². The zero-order chi connectivity index (χ0) is 19.1. The SMILES string of the molecule is CCOC(=O)c1ccc(C)c(NC(=S)N[C@H](CC)c2ccc(C)cc2)c1. The summed E-state index contributed by atoms with van der Waals surface area (Å²) in [6.07, 6.45) is 0.909. The van der Waals surface area contributed by atoms with Gasteiger partial charge in [0.25, 0.3) is 0 Å². The Morgan fingerprint density at radius 1 is 1.12 bits per heavy atom. The van der Waals surface area contributed by atoms with E-state index in [9.17, 15) is 4.79 Å². The lowest BCUT2D eigenvalue weighted by Gasteiger charge is -2.21. The second-order valence-electron chi connectivity index (χ2n) is 6.22. The van der Waals surface area contributed by atoms with Crippen LogP contribution in [0.5, 0.6) is 0 Å². The summed E-state index contributed by atoms with van der Waals surface area (Å²) < 4.78 is 5.06. The smallest absolute Gasteiger partial charge is 0.338 e. The number of hydrogen-bond acceptors (Lipinski definition) is 3. The molecule has 5 heteroatoms. The lowest BCUT2D eigenvalue weighted by Crippen LogP contribution is -2.32. The molecule has 0 aliphatic heterocycles. The van der Waals surface area contributed by atoms with Crippen molar-refractivity contribution in [1.29, 1.82) is 0 Å². The fourth-order valence-electron chi connectivity index (χ4n) is 2.63. The van der Waals surface area contributed by atoms with Gasteiger partial charge in [-0.25, -0.2) is 4.79 Å². The molecule has 0 fully saturated rings. The Labute approximate surface area is 161 Å². The number of thiocarbonyl (C=S) groups is 1. The van der Waals surface area contributed by atoms with Crippen LogP contribution in [-0.2, 0) is 4.74 Å². The van der Waals surface area contributed by atoms with Crippen molar-refractivity contribution >= 4 is 29.0 Å². The summed E-state index contributed by atoms with van der Waals surface area (Å²) in [5, 5.41) is 7.09. The molecule has 0 saturated heterocycles. The van der Waals surface area contributed by atoms with Gasteiger partial charge < -0.3 is 15.4 Å². The average molecular weight is 371 g/mol. The molecule has 0 heterocycles. The number of rotatable bonds is 6. The summed E-state index contributed by atoms with van der Waals surface area (Å²) in [6, 6.07) is 14.0. The zero-order valence-corrected chi connectivity index (χ0v) is 16.6. The zero-order valence-electron chi connectivity index (χ0n) is 15.8. The molecular formula is C21H26N2O2S. The minimum atomic E-state index is -0.333. The molecule has 1 atom stereocenters. The van der Waals surface area contributed by atoms with Crippen LogP contribution in [0.4, 0.5) is 5.69 Å². The lowest BCUT2D eigenvalue weighted by atomic mass is 10.0. The summed E-state index contributed by atoms with van der Waals surface area (Å²) in [7, 11) is 0. The predicted octanol–water partition coefficient (Wildman–Crippen LogP) is 4.92. The van der Waals surface area contributed by atoms with Crippen molar-refractivity contribution in [2.24, 2.45) is 0 Å². The van der Waals surface area contributed by atoms with Gasteiger partial charge in [0.05, 0.1) is 18.2 Å². The fraction of sp³-hybridized carbons (Fsp3) is 0.333. The minimum absolute atomic E-state index is 0.129. The van der Waals surface area contributed by atoms with Crippen molar-refractivity contribution in [1.82, 2.24) is 5.32 Å². The van der Waals surface area contributed by atoms with Crippen molar-refractivity contribution < 1.29 is 9.53 Å². The third-order valence-electron chi connectivity index (χ3n) is 4.19. The molecule has 138 valence electrons. The van der Waals surface area contributed by atoms with Crippen LogP contribution in [0.1, 0.15) is 53.4 Å². The predicted molar refractivity (Wildman–Crippen MR) is 111 cm³/mol. The second-order valence-corrected chi connectivity index (χ2v) is 6.63. The molecule has 2 rings (SSSR count). The molecular weight excluding hydrogens is 344 g/mol. The first-order valence-electron chi connectivity index (χ1n) is 8.86. The molecule has 2 N–H and O–H groups in total. The van der Waals surface area contributed by atoms with Crippen LogP contribution in [0.3, 0.4) is 0 Å². The Balaban J connectivity index is 2.09. The molecule has 0 spiro atoms. The maximum atomic E-state index is 11.9. The largest absolute Gasteiger partial charge is 0.462 e. The van der Waals surface area contributed by atoms with Crippen molar-refractivity contribution in [2.75, 3.05) is 11.9 Å². The fourth-order valence-corrected chi connectivity index (χ4v) is 2.89. The molecule has 0 aliphatic carbocycles. The van der Waals surface area contributed by atoms with Crippen LogP contribution < -0.4 is 10.6 Å². The summed E-state index contributed by atoms with van der Waals surface area (Å²) in [4.78, 5) is 11.9. The Morgan fingerprint density at radius 3 is 2.42 bits per heavy atom. The number of benzene rings is 2. The standard InChI is InChI=1S/C21H26N2O2S/c1-5-18(16-10-7-14(3)8-11-16)22-21(26)23-19-13-17(12-9-15(19)4)20(24)25-6-2/h7-13,18H,5-6H2,1-4H3,(H2,22,23,26)/t18-/m1/s1. The van der Waals surface area contributed by atoms with Gasteiger partial charge in [0.1, 0.15) is 0 Å². The van der Waals surface area contributed by atoms with E-state index >= 15 is 0 Å². The van der Waals surface area contributed by atoms with E-state index in [1.807, 2.05) is 13.0 Å². The molecule has 0 saturated carbocycles. The third-order valence-corrected chi connectivity index (χ3v) is 4.41. The van der Waals surface area contributed by atoms with E-state index in [1.54, 1.807) is 19.1 Å². The third kappa shape index (κ3) is 5.30. The molecule has 26 heavy (non-hydrogen) atoms. The molecule has 0 aliphatic rings. The van der Waals surface area contributed by atoms with E-state index in [2.05, 4.69) is 48.7 Å². The summed E-state index contributed by atoms with van der Waals surface area (Å²) in [5.41, 5.74) is 4.74. The van der Waals surface area contributed by atoms with Gasteiger partial charge in [0.2, 0.25) is 0 Å². The second kappa shape index (κ2) is 9.34. The van der Waals surface area contributed by atoms with Crippen LogP contribution in [0.2, 0.25) is 0 Å². The van der Waals surface area contributed by atoms with Crippen molar-refractivity contribution in [3.05, 3.63) is 64.7 Å². The van der Waals surface area contributed by atoms with Gasteiger partial charge in [0.15, 0.2) is 5.11 Å². The van der Waals surface area contributed by atoms with E-state index in [0.717, 1.165) is 17.7 Å². The number of aryl methyl sites for hydroxylation is 2. The van der Waals surface area contributed by atoms with Crippen LogP contribution in [0.15, 0.2) is 42.5 Å². The summed E-state index contributed by atoms with van der Waals surface area (Å²) in [6.45, 7) is 8.30. The first-order chi connectivity index (χ1) is 12.4. The number of carbonyl (C=O) groups is 1. The van der Waals surface area contributed by atoms with Crippen molar-refractivity contribution in [3.63, 3.8) is 0 Å². The Morgan fingerprint density at radius 2 is 1.81 bits per heavy atom. The highest BCUT2D eigenvalue weighted by atomic mass is 32.1. The average Bonchev–Trinajstić information content (AvgIpc) is 2.62. The number of esters is 1. The number of ether oxygens (including phenoxy) is 1. The highest BCUT2D eigenvalue weighted by molar-refractivity contribution is 7.80. The van der Waals surface area contributed by atoms with Gasteiger partial charge in [-0.15, -0.1) is 0 Å². The molecule has 2 aromatic rings. The molecule has 0 radical (unpaired) electrons. The van der Waals surface area contributed by atoms with Crippen LogP contribution >= 0.6 is 12.2 Å². The number of nitrogens with one attached hydrogen (secondary N) is 2. The first kappa shape index (κ1) is 19.9. The molecule has 0 bridgehead atoms. The maximum absolute atomic E-state index is 11.9. The highest BCUT2D eigenvalue weighted by Crippen LogP contribution is 2.20. The van der Waals surface area contributed by atoms with Crippen LogP contribution in [0.25, 0.3) is 0 Å². The minimum Gasteiger partial charge on any atom is -0.462 e. The summed E-state index contributed by atoms with van der Waals surface area (Å²) >= 11 is 5.49. The van der Waals surface area contributed by atoms with Gasteiger partial charge in [-0.05, 0) is 62.7 Å². The molecule has 0 aromatic heterocycles. The van der Waals surface area contributed by atoms with E-state index < -0.39 is 0 Å². The van der Waals surface area contributed by atoms with E-state index in [-0.39, 0.29) is 12.0 Å². The number of anilines is 1. The Hall–Kier alpha value is -2.40. The van der Waals surface area contributed by atoms with Gasteiger partial charge in [0, 0.05) is 5.69 Å². The number of carbonyl (C=O) groups excluding carboxylic acids is 1. The topological polar surface area (TPSA) is 50.4 Å². The van der Waals surface area contributed by atoms with Gasteiger partial charge in [-0.2, -0.15) is 0 Å². The van der Waals surface area contributed by atoms with Crippen molar-refractivity contribution in [2.45, 2.75) is 40.2 Å². The molecule has 4 nitrogen and oxygen atoms in total. The number of hydrogen-bond donors (Lipinski definition) is 2. The maximum Gasteiger partial charge on any atom is 0.338 e. The summed E-state index contributed by atoms with van der Waals surface area (Å²) in [5.74, 6) is -0.333. The van der Waals surface area contributed by atoms with Gasteiger partial charge >= 0.3 is 5.97 Å².